The molecule has 0 radical (unpaired) electrons. The maximum Gasteiger partial charge on any atom is 0.177 e. The van der Waals surface area contributed by atoms with Gasteiger partial charge in [0, 0.05) is 38.9 Å². The minimum Gasteiger partial charge on any atom is -0.261 e. The van der Waals surface area contributed by atoms with E-state index in [1.807, 2.05) is 11.3 Å². The van der Waals surface area contributed by atoms with E-state index in [0.717, 1.165) is 29.6 Å². The summed E-state index contributed by atoms with van der Waals surface area (Å²) in [6, 6.07) is 6.47. The molecule has 2 aromatic heterocycles. The largest absolute Gasteiger partial charge is 0.261 e. The molecule has 0 unspecified atom stereocenters. The molecule has 3 nitrogen and oxygen atoms in total. The first kappa shape index (κ1) is 14.8. The van der Waals surface area contributed by atoms with Gasteiger partial charge in [-0.3, -0.25) is 10.4 Å². The minimum absolute atomic E-state index is 0.817. The first-order chi connectivity index (χ1) is 10.2. The number of hydrogen-bond donors (Lipinski definition) is 1. The van der Waals surface area contributed by atoms with E-state index in [1.54, 1.807) is 23.1 Å². The molecule has 3 heterocycles. The molecule has 3 rings (SSSR count). The normalized spacial score (nSPS) is 16.9. The van der Waals surface area contributed by atoms with Crippen LogP contribution < -0.4 is 5.43 Å². The first-order valence-corrected chi connectivity index (χ1v) is 9.50. The van der Waals surface area contributed by atoms with E-state index in [-0.39, 0.29) is 0 Å². The van der Waals surface area contributed by atoms with Gasteiger partial charge < -0.3 is 0 Å². The standard InChI is InChI=1S/C15H17N3S3/c1-10-8-13(11(2)21-10)14-9-20-15(18-17-14)16-6-5-12-4-3-7-19-12/h3-4,7-8H,5-6,9H2,1-2H3,(H,16,18). The van der Waals surface area contributed by atoms with Gasteiger partial charge in [0.25, 0.3) is 0 Å². The van der Waals surface area contributed by atoms with E-state index in [1.165, 1.54) is 20.2 Å². The maximum atomic E-state index is 4.58. The minimum atomic E-state index is 0.817. The van der Waals surface area contributed by atoms with Crippen molar-refractivity contribution < 1.29 is 0 Å². The highest BCUT2D eigenvalue weighted by molar-refractivity contribution is 8.14. The van der Waals surface area contributed by atoms with Crippen molar-refractivity contribution in [3.8, 4) is 0 Å². The molecule has 1 aliphatic heterocycles. The molecule has 0 bridgehead atoms. The average molecular weight is 336 g/mol. The van der Waals surface area contributed by atoms with Crippen molar-refractivity contribution in [2.45, 2.75) is 20.3 Å². The Morgan fingerprint density at radius 2 is 2.29 bits per heavy atom. The number of nitrogens with one attached hydrogen (secondary N) is 1. The van der Waals surface area contributed by atoms with E-state index in [4.69, 9.17) is 0 Å². The lowest BCUT2D eigenvalue weighted by atomic mass is 10.2. The highest BCUT2D eigenvalue weighted by Crippen LogP contribution is 2.24. The topological polar surface area (TPSA) is 36.8 Å². The molecular weight excluding hydrogens is 318 g/mol. The second-order valence-corrected chi connectivity index (χ2v) is 8.26. The second-order valence-electron chi connectivity index (χ2n) is 4.80. The zero-order valence-corrected chi connectivity index (χ0v) is 14.5. The third kappa shape index (κ3) is 3.75. The van der Waals surface area contributed by atoms with Gasteiger partial charge >= 0.3 is 0 Å². The number of thioether (sulfide) groups is 1. The molecule has 0 amide bonds. The van der Waals surface area contributed by atoms with Crippen LogP contribution in [0.1, 0.15) is 20.2 Å². The van der Waals surface area contributed by atoms with Gasteiger partial charge in [0.15, 0.2) is 5.17 Å². The third-order valence-corrected chi connectivity index (χ3v) is 5.99. The molecule has 0 spiro atoms. The van der Waals surface area contributed by atoms with Crippen LogP contribution in [0.3, 0.4) is 0 Å². The number of thiophene rings is 2. The fourth-order valence-corrected chi connectivity index (χ4v) is 4.61. The van der Waals surface area contributed by atoms with Crippen molar-refractivity contribution in [1.29, 1.82) is 0 Å². The van der Waals surface area contributed by atoms with Crippen LogP contribution in [0, 0.1) is 13.8 Å². The van der Waals surface area contributed by atoms with Gasteiger partial charge in [0.1, 0.15) is 0 Å². The number of rotatable bonds is 4. The summed E-state index contributed by atoms with van der Waals surface area (Å²) in [4.78, 5) is 8.65. The van der Waals surface area contributed by atoms with Crippen molar-refractivity contribution in [2.24, 2.45) is 10.1 Å². The van der Waals surface area contributed by atoms with E-state index < -0.39 is 0 Å². The summed E-state index contributed by atoms with van der Waals surface area (Å²) in [5.41, 5.74) is 5.49. The zero-order chi connectivity index (χ0) is 14.7. The molecule has 2 aromatic rings. The predicted molar refractivity (Wildman–Crippen MR) is 96.2 cm³/mol. The summed E-state index contributed by atoms with van der Waals surface area (Å²) in [6.07, 6.45) is 1.00. The molecule has 0 fully saturated rings. The number of amidine groups is 1. The van der Waals surface area contributed by atoms with Crippen LogP contribution in [0.15, 0.2) is 33.7 Å². The molecule has 110 valence electrons. The lowest BCUT2D eigenvalue weighted by Gasteiger charge is -2.14. The highest BCUT2D eigenvalue weighted by atomic mass is 32.2. The van der Waals surface area contributed by atoms with Crippen molar-refractivity contribution in [1.82, 2.24) is 5.43 Å². The third-order valence-electron chi connectivity index (χ3n) is 3.18. The molecule has 0 atom stereocenters. The van der Waals surface area contributed by atoms with Gasteiger partial charge in [-0.15, -0.1) is 22.7 Å². The molecule has 21 heavy (non-hydrogen) atoms. The lowest BCUT2D eigenvalue weighted by Crippen LogP contribution is -2.25. The molecule has 1 N–H and O–H groups in total. The van der Waals surface area contributed by atoms with Crippen LogP contribution in [-0.2, 0) is 6.42 Å². The Morgan fingerprint density at radius 1 is 1.38 bits per heavy atom. The molecule has 1 aliphatic rings. The second kappa shape index (κ2) is 6.77. The van der Waals surface area contributed by atoms with Crippen molar-refractivity contribution in [3.63, 3.8) is 0 Å². The SMILES string of the molecule is Cc1cc(C2=NNC(=NCCc3cccs3)SC2)c(C)s1. The number of hydrazone groups is 1. The Bertz CT molecular complexity index is 668. The number of nitrogens with zero attached hydrogens (tertiary/aromatic N) is 2. The van der Waals surface area contributed by atoms with E-state index in [9.17, 15) is 0 Å². The summed E-state index contributed by atoms with van der Waals surface area (Å²) in [5.74, 6) is 0.891. The van der Waals surface area contributed by atoms with Gasteiger partial charge in [-0.25, -0.2) is 0 Å². The Balaban J connectivity index is 1.59. The smallest absolute Gasteiger partial charge is 0.177 e. The van der Waals surface area contributed by atoms with Crippen LogP contribution in [0.2, 0.25) is 0 Å². The van der Waals surface area contributed by atoms with Crippen molar-refractivity contribution in [3.05, 3.63) is 43.8 Å². The molecule has 0 saturated heterocycles. The molecule has 0 aromatic carbocycles. The number of aliphatic imine (C=N–C) groups is 1. The van der Waals surface area contributed by atoms with Gasteiger partial charge in [0.05, 0.1) is 5.71 Å². The lowest BCUT2D eigenvalue weighted by molar-refractivity contribution is 0.954. The summed E-state index contributed by atoms with van der Waals surface area (Å²) in [5, 5.41) is 7.53. The Hall–Kier alpha value is -1.11. The fraction of sp³-hybridized carbons (Fsp3) is 0.333. The molecule has 6 heteroatoms. The summed E-state index contributed by atoms with van der Waals surface area (Å²) in [7, 11) is 0. The van der Waals surface area contributed by atoms with Crippen LogP contribution in [0.25, 0.3) is 0 Å². The maximum absolute atomic E-state index is 4.58. The number of aryl methyl sites for hydroxylation is 2. The summed E-state index contributed by atoms with van der Waals surface area (Å²) < 4.78 is 0. The van der Waals surface area contributed by atoms with Gasteiger partial charge in [-0.05, 0) is 31.4 Å². The van der Waals surface area contributed by atoms with E-state index in [0.29, 0.717) is 0 Å². The summed E-state index contributed by atoms with van der Waals surface area (Å²) in [6.45, 7) is 5.12. The predicted octanol–water partition coefficient (Wildman–Crippen LogP) is 4.07. The zero-order valence-electron chi connectivity index (χ0n) is 12.0. The van der Waals surface area contributed by atoms with Gasteiger partial charge in [0.2, 0.25) is 0 Å². The average Bonchev–Trinajstić information content (AvgIpc) is 3.09. The van der Waals surface area contributed by atoms with Crippen molar-refractivity contribution >= 4 is 45.3 Å². The molecular formula is C15H17N3S3. The van der Waals surface area contributed by atoms with E-state index in [2.05, 4.69) is 52.9 Å². The van der Waals surface area contributed by atoms with Crippen LogP contribution in [-0.4, -0.2) is 23.2 Å². The first-order valence-electron chi connectivity index (χ1n) is 6.82. The highest BCUT2D eigenvalue weighted by Gasteiger charge is 2.16. The van der Waals surface area contributed by atoms with Gasteiger partial charge in [-0.2, -0.15) is 5.10 Å². The van der Waals surface area contributed by atoms with E-state index >= 15 is 0 Å². The van der Waals surface area contributed by atoms with Crippen LogP contribution >= 0.6 is 34.4 Å². The molecule has 0 saturated carbocycles. The summed E-state index contributed by atoms with van der Waals surface area (Å²) >= 11 is 5.35. The quantitative estimate of drug-likeness (QED) is 0.914. The monoisotopic (exact) mass is 335 g/mol. The van der Waals surface area contributed by atoms with Gasteiger partial charge in [-0.1, -0.05) is 17.8 Å². The Labute approximate surface area is 137 Å². The Kier molecular flexibility index (Phi) is 4.77. The van der Waals surface area contributed by atoms with Crippen LogP contribution in [0.4, 0.5) is 0 Å². The van der Waals surface area contributed by atoms with Crippen molar-refractivity contribution in [2.75, 3.05) is 12.3 Å². The van der Waals surface area contributed by atoms with Crippen LogP contribution in [0.5, 0.6) is 0 Å². The Morgan fingerprint density at radius 3 is 2.90 bits per heavy atom. The number of hydrogen-bond acceptors (Lipinski definition) is 5. The fourth-order valence-electron chi connectivity index (χ4n) is 2.18. The molecule has 0 aliphatic carbocycles.